The molecule has 6 heteroatoms. The first kappa shape index (κ1) is 17.6. The molecule has 1 saturated heterocycles. The molecule has 0 aromatic heterocycles. The van der Waals surface area contributed by atoms with Gasteiger partial charge in [-0.2, -0.15) is 0 Å². The minimum atomic E-state index is -0.495. The summed E-state index contributed by atoms with van der Waals surface area (Å²) in [5.74, 6) is 0. The molecule has 21 heavy (non-hydrogen) atoms. The van der Waals surface area contributed by atoms with Crippen LogP contribution in [0.25, 0.3) is 0 Å². The third kappa shape index (κ3) is 4.79. The van der Waals surface area contributed by atoms with Gasteiger partial charge in [0.25, 0.3) is 0 Å². The van der Waals surface area contributed by atoms with Gasteiger partial charge in [-0.05, 0) is 41.5 Å². The number of amides is 3. The van der Waals surface area contributed by atoms with Crippen LogP contribution in [0.5, 0.6) is 0 Å². The fourth-order valence-electron chi connectivity index (χ4n) is 2.16. The zero-order valence-electron chi connectivity index (χ0n) is 14.3. The van der Waals surface area contributed by atoms with Gasteiger partial charge >= 0.3 is 12.1 Å². The Hall–Kier alpha value is -1.46. The van der Waals surface area contributed by atoms with Gasteiger partial charge in [-0.15, -0.1) is 0 Å². The van der Waals surface area contributed by atoms with Crippen LogP contribution in [0.3, 0.4) is 0 Å². The first-order chi connectivity index (χ1) is 9.53. The highest BCUT2D eigenvalue weighted by Gasteiger charge is 2.33. The van der Waals surface area contributed by atoms with Gasteiger partial charge < -0.3 is 19.4 Å². The van der Waals surface area contributed by atoms with E-state index in [2.05, 4.69) is 0 Å². The molecule has 1 aliphatic heterocycles. The summed E-state index contributed by atoms with van der Waals surface area (Å²) in [5.41, 5.74) is -0.495. The van der Waals surface area contributed by atoms with Gasteiger partial charge in [0.15, 0.2) is 0 Å². The number of ether oxygens (including phenoxy) is 1. The lowest BCUT2D eigenvalue weighted by molar-refractivity contribution is 0.00838. The van der Waals surface area contributed by atoms with Crippen molar-refractivity contribution in [2.75, 3.05) is 26.7 Å². The Kier molecular flexibility index (Phi) is 5.48. The van der Waals surface area contributed by atoms with E-state index in [9.17, 15) is 9.59 Å². The molecule has 0 aromatic carbocycles. The van der Waals surface area contributed by atoms with Crippen LogP contribution in [0, 0.1) is 0 Å². The van der Waals surface area contributed by atoms with E-state index >= 15 is 0 Å². The SMILES string of the molecule is CC(C)N(C)C(=O)N1CCN(C(=O)OC(C)(C)C)C[C@@H]1C. The molecule has 1 heterocycles. The van der Waals surface area contributed by atoms with Crippen molar-refractivity contribution in [1.82, 2.24) is 14.7 Å². The van der Waals surface area contributed by atoms with E-state index in [1.807, 2.05) is 46.4 Å². The summed E-state index contributed by atoms with van der Waals surface area (Å²) >= 11 is 0. The maximum Gasteiger partial charge on any atom is 0.410 e. The molecule has 0 aliphatic carbocycles. The molecular weight excluding hydrogens is 270 g/mol. The maximum atomic E-state index is 12.4. The van der Waals surface area contributed by atoms with Gasteiger partial charge in [0.2, 0.25) is 0 Å². The third-order valence-corrected chi connectivity index (χ3v) is 3.60. The van der Waals surface area contributed by atoms with Gasteiger partial charge in [-0.25, -0.2) is 9.59 Å². The molecule has 0 aromatic rings. The summed E-state index contributed by atoms with van der Waals surface area (Å²) in [5, 5.41) is 0. The molecule has 0 radical (unpaired) electrons. The monoisotopic (exact) mass is 299 g/mol. The van der Waals surface area contributed by atoms with Crippen molar-refractivity contribution in [3.63, 3.8) is 0 Å². The minimum Gasteiger partial charge on any atom is -0.444 e. The molecule has 6 nitrogen and oxygen atoms in total. The first-order valence-corrected chi connectivity index (χ1v) is 7.54. The highest BCUT2D eigenvalue weighted by atomic mass is 16.6. The van der Waals surface area contributed by atoms with Crippen molar-refractivity contribution in [3.8, 4) is 0 Å². The number of hydrogen-bond donors (Lipinski definition) is 0. The van der Waals surface area contributed by atoms with E-state index in [-0.39, 0.29) is 24.2 Å². The molecule has 0 N–H and O–H groups in total. The molecule has 1 aliphatic rings. The smallest absolute Gasteiger partial charge is 0.410 e. The summed E-state index contributed by atoms with van der Waals surface area (Å²) < 4.78 is 5.38. The topological polar surface area (TPSA) is 53.1 Å². The maximum absolute atomic E-state index is 12.4. The van der Waals surface area contributed by atoms with Crippen LogP contribution in [-0.2, 0) is 4.74 Å². The standard InChI is InChI=1S/C15H29N3O3/c1-11(2)16(7)13(19)18-9-8-17(10-12(18)3)14(20)21-15(4,5)6/h11-12H,8-10H2,1-7H3/t12-/m0/s1. The zero-order valence-corrected chi connectivity index (χ0v) is 14.3. The van der Waals surface area contributed by atoms with E-state index in [1.165, 1.54) is 0 Å². The molecule has 0 bridgehead atoms. The highest BCUT2D eigenvalue weighted by Crippen LogP contribution is 2.16. The van der Waals surface area contributed by atoms with Crippen LogP contribution in [-0.4, -0.2) is 71.2 Å². The molecule has 1 fully saturated rings. The van der Waals surface area contributed by atoms with E-state index in [4.69, 9.17) is 4.74 Å². The molecule has 1 rings (SSSR count). The van der Waals surface area contributed by atoms with Crippen LogP contribution in [0.15, 0.2) is 0 Å². The zero-order chi connectivity index (χ0) is 16.4. The predicted molar refractivity (Wildman–Crippen MR) is 82.3 cm³/mol. The molecule has 0 saturated carbocycles. The Morgan fingerprint density at radius 3 is 2.24 bits per heavy atom. The van der Waals surface area contributed by atoms with Crippen LogP contribution in [0.1, 0.15) is 41.5 Å². The number of hydrogen-bond acceptors (Lipinski definition) is 3. The highest BCUT2D eigenvalue weighted by molar-refractivity contribution is 5.75. The van der Waals surface area contributed by atoms with Crippen molar-refractivity contribution < 1.29 is 14.3 Å². The quantitative estimate of drug-likeness (QED) is 0.747. The van der Waals surface area contributed by atoms with E-state index in [1.54, 1.807) is 16.8 Å². The van der Waals surface area contributed by atoms with Crippen LogP contribution in [0.4, 0.5) is 9.59 Å². The Labute approximate surface area is 128 Å². The van der Waals surface area contributed by atoms with Gasteiger partial charge in [0, 0.05) is 38.8 Å². The van der Waals surface area contributed by atoms with Gasteiger partial charge in [0.05, 0.1) is 0 Å². The van der Waals surface area contributed by atoms with E-state index in [0.29, 0.717) is 19.6 Å². The summed E-state index contributed by atoms with van der Waals surface area (Å²) in [4.78, 5) is 29.7. The van der Waals surface area contributed by atoms with Gasteiger partial charge in [-0.1, -0.05) is 0 Å². The summed E-state index contributed by atoms with van der Waals surface area (Å²) in [6.45, 7) is 13.0. The number of piperazine rings is 1. The molecule has 3 amide bonds. The van der Waals surface area contributed by atoms with Crippen molar-refractivity contribution in [2.24, 2.45) is 0 Å². The minimum absolute atomic E-state index is 0.0139. The Morgan fingerprint density at radius 2 is 1.81 bits per heavy atom. The van der Waals surface area contributed by atoms with Crippen LogP contribution >= 0.6 is 0 Å². The van der Waals surface area contributed by atoms with Crippen molar-refractivity contribution in [2.45, 2.75) is 59.2 Å². The van der Waals surface area contributed by atoms with Gasteiger partial charge in [-0.3, -0.25) is 0 Å². The van der Waals surface area contributed by atoms with Crippen LogP contribution < -0.4 is 0 Å². The molecule has 0 unspecified atom stereocenters. The molecular formula is C15H29N3O3. The lowest BCUT2D eigenvalue weighted by atomic mass is 10.2. The second-order valence-electron chi connectivity index (χ2n) is 6.96. The van der Waals surface area contributed by atoms with Crippen LogP contribution in [0.2, 0.25) is 0 Å². The van der Waals surface area contributed by atoms with Gasteiger partial charge in [0.1, 0.15) is 5.60 Å². The summed E-state index contributed by atoms with van der Waals surface area (Å²) in [6, 6.07) is 0.162. The summed E-state index contributed by atoms with van der Waals surface area (Å²) in [6.07, 6.45) is -0.307. The Bertz CT molecular complexity index is 390. The van der Waals surface area contributed by atoms with Crippen molar-refractivity contribution in [3.05, 3.63) is 0 Å². The second-order valence-corrected chi connectivity index (χ2v) is 6.96. The van der Waals surface area contributed by atoms with E-state index in [0.717, 1.165) is 0 Å². The van der Waals surface area contributed by atoms with E-state index < -0.39 is 5.60 Å². The Balaban J connectivity index is 2.62. The first-order valence-electron chi connectivity index (χ1n) is 7.54. The largest absolute Gasteiger partial charge is 0.444 e. The lowest BCUT2D eigenvalue weighted by Crippen LogP contribution is -2.58. The molecule has 0 spiro atoms. The predicted octanol–water partition coefficient (Wildman–Crippen LogP) is 2.39. The average Bonchev–Trinajstić information content (AvgIpc) is 2.34. The normalized spacial score (nSPS) is 19.7. The van der Waals surface area contributed by atoms with Crippen molar-refractivity contribution >= 4 is 12.1 Å². The number of carbonyl (C=O) groups is 2. The molecule has 1 atom stereocenters. The Morgan fingerprint density at radius 1 is 1.24 bits per heavy atom. The third-order valence-electron chi connectivity index (χ3n) is 3.60. The fraction of sp³-hybridized carbons (Fsp3) is 0.867. The number of rotatable bonds is 1. The van der Waals surface area contributed by atoms with Crippen molar-refractivity contribution in [1.29, 1.82) is 0 Å². The second kappa shape index (κ2) is 6.54. The molecule has 122 valence electrons. The number of nitrogens with zero attached hydrogens (tertiary/aromatic N) is 3. The average molecular weight is 299 g/mol. The number of carbonyl (C=O) groups excluding carboxylic acids is 2. The lowest BCUT2D eigenvalue weighted by Gasteiger charge is -2.42. The number of urea groups is 1. The summed E-state index contributed by atoms with van der Waals surface area (Å²) in [7, 11) is 1.81. The fourth-order valence-corrected chi connectivity index (χ4v) is 2.16.